The summed E-state index contributed by atoms with van der Waals surface area (Å²) in [6, 6.07) is 8.87. The SMILES string of the molecule is CCCCCc1ccc(COC(F)(F)Cc2ccc(C(F)(F)F)c(F)c2)cc1. The summed E-state index contributed by atoms with van der Waals surface area (Å²) in [6.45, 7) is 1.75. The normalized spacial score (nSPS) is 12.4. The minimum absolute atomic E-state index is 0.276. The first-order valence-corrected chi connectivity index (χ1v) is 9.06. The Labute approximate surface area is 160 Å². The fraction of sp³-hybridized carbons (Fsp3) is 0.429. The Bertz CT molecular complexity index is 752. The number of hydrogen-bond acceptors (Lipinski definition) is 1. The van der Waals surface area contributed by atoms with Crippen molar-refractivity contribution in [3.63, 3.8) is 0 Å². The molecule has 0 unspecified atom stereocenters. The molecule has 0 heterocycles. The molecule has 0 aliphatic rings. The number of unbranched alkanes of at least 4 members (excludes halogenated alkanes) is 2. The number of aryl methyl sites for hydroxylation is 1. The van der Waals surface area contributed by atoms with E-state index in [9.17, 15) is 26.3 Å². The number of rotatable bonds is 9. The van der Waals surface area contributed by atoms with Crippen LogP contribution < -0.4 is 0 Å². The second kappa shape index (κ2) is 9.45. The quantitative estimate of drug-likeness (QED) is 0.325. The van der Waals surface area contributed by atoms with Gasteiger partial charge in [0.25, 0.3) is 0 Å². The van der Waals surface area contributed by atoms with Crippen molar-refractivity contribution in [3.05, 3.63) is 70.5 Å². The third kappa shape index (κ3) is 6.86. The summed E-state index contributed by atoms with van der Waals surface area (Å²) in [5, 5.41) is 0. The minimum Gasteiger partial charge on any atom is -0.315 e. The van der Waals surface area contributed by atoms with E-state index in [0.717, 1.165) is 37.3 Å². The van der Waals surface area contributed by atoms with Gasteiger partial charge in [-0.05, 0) is 41.7 Å². The van der Waals surface area contributed by atoms with Crippen molar-refractivity contribution in [2.24, 2.45) is 0 Å². The lowest BCUT2D eigenvalue weighted by Gasteiger charge is -2.18. The van der Waals surface area contributed by atoms with E-state index in [1.807, 2.05) is 12.1 Å². The Balaban J connectivity index is 1.92. The topological polar surface area (TPSA) is 9.23 Å². The molecule has 0 aromatic heterocycles. The van der Waals surface area contributed by atoms with Crippen LogP contribution in [0.1, 0.15) is 48.4 Å². The van der Waals surface area contributed by atoms with Gasteiger partial charge in [-0.15, -0.1) is 0 Å². The monoisotopic (exact) mass is 404 g/mol. The highest BCUT2D eigenvalue weighted by Crippen LogP contribution is 2.32. The van der Waals surface area contributed by atoms with Crippen LogP contribution in [0, 0.1) is 5.82 Å². The van der Waals surface area contributed by atoms with Crippen LogP contribution in [0.2, 0.25) is 0 Å². The number of halogens is 6. The first kappa shape index (κ1) is 22.3. The average Bonchev–Trinajstić information content (AvgIpc) is 2.60. The molecule has 154 valence electrons. The van der Waals surface area contributed by atoms with Crippen molar-refractivity contribution in [1.82, 2.24) is 0 Å². The van der Waals surface area contributed by atoms with E-state index in [0.29, 0.717) is 17.7 Å². The van der Waals surface area contributed by atoms with Gasteiger partial charge in [-0.3, -0.25) is 0 Å². The number of hydrogen-bond donors (Lipinski definition) is 0. The zero-order chi connectivity index (χ0) is 20.8. The van der Waals surface area contributed by atoms with E-state index >= 15 is 0 Å². The largest absolute Gasteiger partial charge is 0.419 e. The highest BCUT2D eigenvalue weighted by atomic mass is 19.4. The summed E-state index contributed by atoms with van der Waals surface area (Å²) < 4.78 is 83.7. The maximum atomic E-state index is 14.0. The first-order valence-electron chi connectivity index (χ1n) is 9.06. The van der Waals surface area contributed by atoms with Gasteiger partial charge in [0.2, 0.25) is 0 Å². The van der Waals surface area contributed by atoms with E-state index in [2.05, 4.69) is 11.7 Å². The van der Waals surface area contributed by atoms with Crippen LogP contribution in [0.15, 0.2) is 42.5 Å². The van der Waals surface area contributed by atoms with Gasteiger partial charge in [0.15, 0.2) is 0 Å². The third-order valence-electron chi connectivity index (χ3n) is 4.29. The molecule has 0 spiro atoms. The van der Waals surface area contributed by atoms with E-state index in [1.165, 1.54) is 0 Å². The zero-order valence-corrected chi connectivity index (χ0v) is 15.5. The van der Waals surface area contributed by atoms with Crippen LogP contribution in [-0.4, -0.2) is 6.11 Å². The van der Waals surface area contributed by atoms with Crippen molar-refractivity contribution in [1.29, 1.82) is 0 Å². The summed E-state index contributed by atoms with van der Waals surface area (Å²) in [5.74, 6) is -1.58. The van der Waals surface area contributed by atoms with Gasteiger partial charge in [-0.2, -0.15) is 22.0 Å². The molecule has 0 saturated heterocycles. The predicted octanol–water partition coefficient (Wildman–Crippen LogP) is 6.93. The molecule has 0 amide bonds. The summed E-state index contributed by atoms with van der Waals surface area (Å²) in [7, 11) is 0. The molecule has 2 rings (SSSR count). The van der Waals surface area contributed by atoms with Crippen molar-refractivity contribution < 1.29 is 31.1 Å². The molecule has 0 N–H and O–H groups in total. The van der Waals surface area contributed by atoms with Gasteiger partial charge in [0, 0.05) is 0 Å². The molecule has 2 aromatic carbocycles. The number of benzene rings is 2. The van der Waals surface area contributed by atoms with Crippen molar-refractivity contribution in [2.45, 2.75) is 57.9 Å². The van der Waals surface area contributed by atoms with Gasteiger partial charge in [0.1, 0.15) is 5.82 Å². The molecule has 0 aliphatic heterocycles. The molecule has 28 heavy (non-hydrogen) atoms. The maximum absolute atomic E-state index is 14.0. The van der Waals surface area contributed by atoms with E-state index in [1.54, 1.807) is 12.1 Å². The molecule has 1 nitrogen and oxygen atoms in total. The van der Waals surface area contributed by atoms with Crippen molar-refractivity contribution in [2.75, 3.05) is 0 Å². The smallest absolute Gasteiger partial charge is 0.315 e. The second-order valence-electron chi connectivity index (χ2n) is 6.69. The van der Waals surface area contributed by atoms with Crippen molar-refractivity contribution >= 4 is 0 Å². The van der Waals surface area contributed by atoms with Gasteiger partial charge in [-0.25, -0.2) is 4.39 Å². The predicted molar refractivity (Wildman–Crippen MR) is 94.5 cm³/mol. The number of alkyl halides is 5. The molecule has 0 radical (unpaired) electrons. The molecule has 2 aromatic rings. The van der Waals surface area contributed by atoms with Crippen LogP contribution in [-0.2, 0) is 30.4 Å². The standard InChI is InChI=1S/C21H22F6O/c1-2-3-4-5-15-6-8-16(9-7-15)14-28-20(23,24)13-17-10-11-18(19(22)12-17)21(25,26)27/h6-12H,2-5,13-14H2,1H3. The van der Waals surface area contributed by atoms with Crippen LogP contribution >= 0.6 is 0 Å². The van der Waals surface area contributed by atoms with Gasteiger partial charge in [0.05, 0.1) is 18.6 Å². The lowest BCUT2D eigenvalue weighted by Crippen LogP contribution is -2.24. The Morgan fingerprint density at radius 1 is 0.821 bits per heavy atom. The molecule has 0 bridgehead atoms. The molecule has 7 heteroatoms. The second-order valence-corrected chi connectivity index (χ2v) is 6.69. The lowest BCUT2D eigenvalue weighted by atomic mass is 10.1. The Morgan fingerprint density at radius 2 is 1.43 bits per heavy atom. The molecule has 0 aliphatic carbocycles. The molecule has 0 saturated carbocycles. The maximum Gasteiger partial charge on any atom is 0.419 e. The van der Waals surface area contributed by atoms with Gasteiger partial charge < -0.3 is 4.74 Å². The first-order chi connectivity index (χ1) is 13.1. The van der Waals surface area contributed by atoms with E-state index < -0.39 is 30.1 Å². The summed E-state index contributed by atoms with van der Waals surface area (Å²) in [5.41, 5.74) is -0.0945. The molecule has 0 atom stereocenters. The highest BCUT2D eigenvalue weighted by Gasteiger charge is 2.35. The Morgan fingerprint density at radius 3 is 2.00 bits per heavy atom. The lowest BCUT2D eigenvalue weighted by molar-refractivity contribution is -0.244. The van der Waals surface area contributed by atoms with Crippen LogP contribution in [0.5, 0.6) is 0 Å². The highest BCUT2D eigenvalue weighted by molar-refractivity contribution is 5.27. The summed E-state index contributed by atoms with van der Waals surface area (Å²) in [6.07, 6.45) is -5.29. The molecular weight excluding hydrogens is 382 g/mol. The van der Waals surface area contributed by atoms with Gasteiger partial charge in [-0.1, -0.05) is 50.1 Å². The molecular formula is C21H22F6O. The zero-order valence-electron chi connectivity index (χ0n) is 15.5. The Kier molecular flexibility index (Phi) is 7.52. The number of ether oxygens (including phenoxy) is 1. The molecule has 0 fully saturated rings. The fourth-order valence-electron chi connectivity index (χ4n) is 2.76. The van der Waals surface area contributed by atoms with E-state index in [4.69, 9.17) is 0 Å². The average molecular weight is 404 g/mol. The third-order valence-corrected chi connectivity index (χ3v) is 4.29. The summed E-state index contributed by atoms with van der Waals surface area (Å²) >= 11 is 0. The van der Waals surface area contributed by atoms with Crippen molar-refractivity contribution in [3.8, 4) is 0 Å². The van der Waals surface area contributed by atoms with Crippen LogP contribution in [0.3, 0.4) is 0 Å². The Hall–Kier alpha value is -2.02. The summed E-state index contributed by atoms with van der Waals surface area (Å²) in [4.78, 5) is 0. The van der Waals surface area contributed by atoms with Gasteiger partial charge >= 0.3 is 12.3 Å². The van der Waals surface area contributed by atoms with E-state index in [-0.39, 0.29) is 12.2 Å². The van der Waals surface area contributed by atoms with Crippen LogP contribution in [0.25, 0.3) is 0 Å². The minimum atomic E-state index is -4.87. The van der Waals surface area contributed by atoms with Crippen LogP contribution in [0.4, 0.5) is 26.3 Å². The fourth-order valence-corrected chi connectivity index (χ4v) is 2.76.